The van der Waals surface area contributed by atoms with Gasteiger partial charge in [-0.2, -0.15) is 0 Å². The molecule has 0 saturated carbocycles. The molecule has 0 bridgehead atoms. The van der Waals surface area contributed by atoms with E-state index in [0.717, 1.165) is 30.3 Å². The van der Waals surface area contributed by atoms with Gasteiger partial charge in [-0.05, 0) is 50.5 Å². The van der Waals surface area contributed by atoms with Crippen molar-refractivity contribution in [2.24, 2.45) is 0 Å². The number of aryl methyl sites for hydroxylation is 1. The van der Waals surface area contributed by atoms with Crippen molar-refractivity contribution in [2.75, 3.05) is 38.8 Å². The largest absolute Gasteiger partial charge is 0.493 e. The summed E-state index contributed by atoms with van der Waals surface area (Å²) in [5.41, 5.74) is 2.88. The molecule has 1 aromatic carbocycles. The molecule has 1 aliphatic rings. The highest BCUT2D eigenvalue weighted by Gasteiger charge is 2.23. The molecular weight excluding hydrogens is 356 g/mol. The normalized spacial score (nSPS) is 13.1. The molecule has 0 N–H and O–H groups in total. The summed E-state index contributed by atoms with van der Waals surface area (Å²) in [6, 6.07) is 5.88. The predicted molar refractivity (Wildman–Crippen MR) is 108 cm³/mol. The quantitative estimate of drug-likeness (QED) is 0.763. The van der Waals surface area contributed by atoms with Crippen molar-refractivity contribution in [1.82, 2.24) is 14.9 Å². The lowest BCUT2D eigenvalue weighted by atomic mass is 9.98. The zero-order valence-electron chi connectivity index (χ0n) is 17.3. The second kappa shape index (κ2) is 8.46. The van der Waals surface area contributed by atoms with Gasteiger partial charge in [0.1, 0.15) is 17.3 Å². The summed E-state index contributed by atoms with van der Waals surface area (Å²) in [6.45, 7) is 8.61. The summed E-state index contributed by atoms with van der Waals surface area (Å²) in [5, 5.41) is 0. The number of aromatic nitrogens is 2. The van der Waals surface area contributed by atoms with Crippen molar-refractivity contribution in [1.29, 1.82) is 0 Å². The second-order valence-electron chi connectivity index (χ2n) is 6.78. The molecule has 0 fully saturated rings. The maximum absolute atomic E-state index is 12.7. The van der Waals surface area contributed by atoms with Gasteiger partial charge in [-0.3, -0.25) is 4.79 Å². The summed E-state index contributed by atoms with van der Waals surface area (Å²) >= 11 is 0. The van der Waals surface area contributed by atoms with E-state index in [1.54, 1.807) is 25.2 Å². The van der Waals surface area contributed by atoms with E-state index in [2.05, 4.69) is 14.9 Å². The van der Waals surface area contributed by atoms with Gasteiger partial charge < -0.3 is 19.3 Å². The maximum atomic E-state index is 12.7. The van der Waals surface area contributed by atoms with Gasteiger partial charge in [-0.1, -0.05) is 0 Å². The van der Waals surface area contributed by atoms with Gasteiger partial charge >= 0.3 is 0 Å². The van der Waals surface area contributed by atoms with Gasteiger partial charge in [0, 0.05) is 32.2 Å². The van der Waals surface area contributed by atoms with Crippen LogP contribution in [0.3, 0.4) is 0 Å². The van der Waals surface area contributed by atoms with Crippen LogP contribution in [-0.2, 0) is 13.0 Å². The Morgan fingerprint density at radius 3 is 2.32 bits per heavy atom. The Kier molecular flexibility index (Phi) is 6.02. The first-order valence-electron chi connectivity index (χ1n) is 9.64. The molecule has 0 unspecified atom stereocenters. The summed E-state index contributed by atoms with van der Waals surface area (Å²) in [4.78, 5) is 25.7. The maximum Gasteiger partial charge on any atom is 0.272 e. The molecule has 0 atom stereocenters. The summed E-state index contributed by atoms with van der Waals surface area (Å²) < 4.78 is 10.9. The number of hydrogen-bond acceptors (Lipinski definition) is 6. The highest BCUT2D eigenvalue weighted by atomic mass is 16.5. The Morgan fingerprint density at radius 2 is 1.71 bits per heavy atom. The second-order valence-corrected chi connectivity index (χ2v) is 6.78. The highest BCUT2D eigenvalue weighted by molar-refractivity contribution is 5.93. The number of nitrogens with zero attached hydrogens (tertiary/aromatic N) is 4. The zero-order valence-corrected chi connectivity index (χ0v) is 17.3. The Balaban J connectivity index is 1.90. The lowest BCUT2D eigenvalue weighted by Crippen LogP contribution is -2.33. The van der Waals surface area contributed by atoms with Crippen LogP contribution >= 0.6 is 0 Å². The first-order chi connectivity index (χ1) is 13.5. The molecule has 2 aromatic rings. The van der Waals surface area contributed by atoms with E-state index in [4.69, 9.17) is 9.47 Å². The Morgan fingerprint density at radius 1 is 1.07 bits per heavy atom. The van der Waals surface area contributed by atoms with E-state index in [-0.39, 0.29) is 5.91 Å². The monoisotopic (exact) mass is 384 g/mol. The number of amides is 1. The number of hydrogen-bond donors (Lipinski definition) is 0. The minimum Gasteiger partial charge on any atom is -0.493 e. The first-order valence-corrected chi connectivity index (χ1v) is 9.64. The fraction of sp³-hybridized carbons (Fsp3) is 0.476. The van der Waals surface area contributed by atoms with Gasteiger partial charge in [-0.25, -0.2) is 9.97 Å². The van der Waals surface area contributed by atoms with E-state index in [1.165, 1.54) is 11.1 Å². The SMILES string of the molecule is CCN(CC)C(=O)c1cc(N2CCc3cc(OC)c(OC)cc3C2)nc(C)n1. The molecule has 150 valence electrons. The standard InChI is InChI=1S/C21H28N4O3/c1-6-24(7-2)21(26)17-12-20(23-14(3)22-17)25-9-8-15-10-18(27-4)19(28-5)11-16(15)13-25/h10-12H,6-9,13H2,1-5H3. The Bertz CT molecular complexity index is 865. The smallest absolute Gasteiger partial charge is 0.272 e. The Hall–Kier alpha value is -2.83. The average Bonchev–Trinajstić information content (AvgIpc) is 2.72. The van der Waals surface area contributed by atoms with E-state index in [9.17, 15) is 4.79 Å². The summed E-state index contributed by atoms with van der Waals surface area (Å²) in [5.74, 6) is 2.80. The van der Waals surface area contributed by atoms with E-state index < -0.39 is 0 Å². The molecular formula is C21H28N4O3. The van der Waals surface area contributed by atoms with Crippen LogP contribution in [-0.4, -0.2) is 54.6 Å². The molecule has 7 nitrogen and oxygen atoms in total. The third kappa shape index (κ3) is 3.88. The van der Waals surface area contributed by atoms with Crippen molar-refractivity contribution < 1.29 is 14.3 Å². The number of carbonyl (C=O) groups is 1. The van der Waals surface area contributed by atoms with Crippen LogP contribution in [0, 0.1) is 6.92 Å². The fourth-order valence-corrected chi connectivity index (χ4v) is 3.58. The molecule has 1 amide bonds. The molecule has 0 aliphatic carbocycles. The van der Waals surface area contributed by atoms with Crippen molar-refractivity contribution in [3.8, 4) is 11.5 Å². The Labute approximate surface area is 166 Å². The lowest BCUT2D eigenvalue weighted by Gasteiger charge is -2.31. The summed E-state index contributed by atoms with van der Waals surface area (Å²) in [7, 11) is 3.29. The van der Waals surface area contributed by atoms with Crippen LogP contribution in [0.15, 0.2) is 18.2 Å². The van der Waals surface area contributed by atoms with Gasteiger partial charge in [-0.15, -0.1) is 0 Å². The van der Waals surface area contributed by atoms with Crippen LogP contribution in [0.4, 0.5) is 5.82 Å². The number of carbonyl (C=O) groups excluding carboxylic acids is 1. The molecule has 1 aromatic heterocycles. The van der Waals surface area contributed by atoms with Crippen molar-refractivity contribution >= 4 is 11.7 Å². The zero-order chi connectivity index (χ0) is 20.3. The van der Waals surface area contributed by atoms with Crippen LogP contribution in [0.25, 0.3) is 0 Å². The van der Waals surface area contributed by atoms with Crippen molar-refractivity contribution in [3.05, 3.63) is 40.8 Å². The molecule has 28 heavy (non-hydrogen) atoms. The number of ether oxygens (including phenoxy) is 2. The van der Waals surface area contributed by atoms with Crippen molar-refractivity contribution in [2.45, 2.75) is 33.7 Å². The average molecular weight is 384 g/mol. The molecule has 0 spiro atoms. The third-order valence-corrected chi connectivity index (χ3v) is 5.14. The number of benzene rings is 1. The number of fused-ring (bicyclic) bond motifs is 1. The molecule has 2 heterocycles. The van der Waals surface area contributed by atoms with Gasteiger partial charge in [0.05, 0.1) is 14.2 Å². The van der Waals surface area contributed by atoms with Crippen LogP contribution in [0.5, 0.6) is 11.5 Å². The van der Waals surface area contributed by atoms with Gasteiger partial charge in [0.2, 0.25) is 0 Å². The minimum absolute atomic E-state index is 0.0550. The lowest BCUT2D eigenvalue weighted by molar-refractivity contribution is 0.0766. The topological polar surface area (TPSA) is 67.8 Å². The third-order valence-electron chi connectivity index (χ3n) is 5.14. The van der Waals surface area contributed by atoms with E-state index in [1.807, 2.05) is 32.9 Å². The van der Waals surface area contributed by atoms with E-state index in [0.29, 0.717) is 31.2 Å². The van der Waals surface area contributed by atoms with Gasteiger partial charge in [0.15, 0.2) is 11.5 Å². The fourth-order valence-electron chi connectivity index (χ4n) is 3.58. The number of methoxy groups -OCH3 is 2. The predicted octanol–water partition coefficient (Wildman–Crippen LogP) is 2.85. The first kappa shape index (κ1) is 19.9. The van der Waals surface area contributed by atoms with Crippen LogP contribution in [0.2, 0.25) is 0 Å². The molecule has 1 aliphatic heterocycles. The van der Waals surface area contributed by atoms with Gasteiger partial charge in [0.25, 0.3) is 5.91 Å². The molecule has 3 rings (SSSR count). The van der Waals surface area contributed by atoms with Crippen LogP contribution < -0.4 is 14.4 Å². The highest BCUT2D eigenvalue weighted by Crippen LogP contribution is 2.34. The molecule has 0 radical (unpaired) electrons. The van der Waals surface area contributed by atoms with Crippen LogP contribution in [0.1, 0.15) is 41.3 Å². The number of anilines is 1. The molecule has 0 saturated heterocycles. The van der Waals surface area contributed by atoms with E-state index >= 15 is 0 Å². The van der Waals surface area contributed by atoms with Crippen molar-refractivity contribution in [3.63, 3.8) is 0 Å². The summed E-state index contributed by atoms with van der Waals surface area (Å²) in [6.07, 6.45) is 0.873. The molecule has 7 heteroatoms. The minimum atomic E-state index is -0.0550. The number of rotatable bonds is 6.